The van der Waals surface area contributed by atoms with Crippen molar-refractivity contribution in [3.63, 3.8) is 0 Å². The van der Waals surface area contributed by atoms with Gasteiger partial charge in [0, 0.05) is 12.7 Å². The number of aliphatic hydroxyl groups is 1. The van der Waals surface area contributed by atoms with E-state index in [0.717, 1.165) is 0 Å². The van der Waals surface area contributed by atoms with E-state index in [9.17, 15) is 30.9 Å². The second-order valence-corrected chi connectivity index (χ2v) is 6.75. The minimum Gasteiger partial charge on any atom is -0.465 e. The van der Waals surface area contributed by atoms with Crippen LogP contribution in [0.2, 0.25) is 0 Å². The zero-order valence-electron chi connectivity index (χ0n) is 18.5. The number of oxazole rings is 1. The smallest absolute Gasteiger partial charge is 0.331 e. The summed E-state index contributed by atoms with van der Waals surface area (Å²) in [6, 6.07) is 10.0. The third kappa shape index (κ3) is 5.02. The Labute approximate surface area is 198 Å². The number of rotatable bonds is 8. The fourth-order valence-corrected chi connectivity index (χ4v) is 2.99. The van der Waals surface area contributed by atoms with Crippen LogP contribution in [-0.4, -0.2) is 50.5 Å². The maximum atomic E-state index is 12.3. The second-order valence-electron chi connectivity index (χ2n) is 6.75. The molecule has 1 N–H and O–H groups in total. The minimum absolute atomic E-state index is 0.000728. The summed E-state index contributed by atoms with van der Waals surface area (Å²) in [4.78, 5) is 28.9. The van der Waals surface area contributed by atoms with Crippen LogP contribution in [0.4, 0.5) is 0 Å². The van der Waals surface area contributed by atoms with E-state index in [1.807, 2.05) is 18.2 Å². The molecule has 3 unspecified atom stereocenters. The van der Waals surface area contributed by atoms with E-state index in [4.69, 9.17) is 13.9 Å². The molecule has 0 aliphatic carbocycles. The third-order valence-electron chi connectivity index (χ3n) is 4.58. The number of ether oxygens (including phenoxy) is 2. The minimum atomic E-state index is -1.61. The first kappa shape index (κ1) is 24.7. The number of nitrogens with zero attached hydrogens (tertiary/aromatic N) is 8. The van der Waals surface area contributed by atoms with E-state index in [1.54, 1.807) is 19.9 Å². The van der Waals surface area contributed by atoms with Crippen LogP contribution in [0.1, 0.15) is 48.5 Å². The van der Waals surface area contributed by atoms with E-state index < -0.39 is 24.1 Å². The molecule has 0 aliphatic heterocycles. The Balaban J connectivity index is 2.23. The van der Waals surface area contributed by atoms with Gasteiger partial charge >= 0.3 is 5.97 Å². The standard InChI is InChI=1S/C22H16N8O5/c1-3-33-21(31)13(9-25)17-28-18(14(10-26)22(32)34-4-2)30-19(29-17)20-27-15-5-11(7-23)12(8-24)6-16(15)35-20/h5-6,13-14,21,31H,3-4H2,1-2H3. The lowest BCUT2D eigenvalue weighted by Gasteiger charge is -2.16. The van der Waals surface area contributed by atoms with Crippen LogP contribution in [0, 0.1) is 45.3 Å². The summed E-state index contributed by atoms with van der Waals surface area (Å²) in [5, 5.41) is 47.9. The van der Waals surface area contributed by atoms with Crippen molar-refractivity contribution >= 4 is 17.1 Å². The molecule has 2 heterocycles. The zero-order valence-corrected chi connectivity index (χ0v) is 18.5. The molecule has 35 heavy (non-hydrogen) atoms. The Bertz CT molecular complexity index is 1390. The largest absolute Gasteiger partial charge is 0.465 e. The van der Waals surface area contributed by atoms with Gasteiger partial charge in [-0.05, 0) is 19.9 Å². The Morgan fingerprint density at radius 2 is 1.69 bits per heavy atom. The summed E-state index contributed by atoms with van der Waals surface area (Å²) in [7, 11) is 0. The Morgan fingerprint density at radius 3 is 2.29 bits per heavy atom. The van der Waals surface area contributed by atoms with Crippen molar-refractivity contribution < 1.29 is 23.8 Å². The van der Waals surface area contributed by atoms with Crippen LogP contribution in [0.5, 0.6) is 0 Å². The van der Waals surface area contributed by atoms with Crippen molar-refractivity contribution in [3.8, 4) is 36.0 Å². The molecule has 2 aromatic heterocycles. The second kappa shape index (κ2) is 10.8. The maximum absolute atomic E-state index is 12.3. The predicted molar refractivity (Wildman–Crippen MR) is 113 cm³/mol. The molecule has 174 valence electrons. The third-order valence-corrected chi connectivity index (χ3v) is 4.58. The van der Waals surface area contributed by atoms with Crippen LogP contribution in [0.25, 0.3) is 22.8 Å². The molecular weight excluding hydrogens is 456 g/mol. The zero-order chi connectivity index (χ0) is 25.5. The molecule has 3 atom stereocenters. The number of hydrogen-bond donors (Lipinski definition) is 1. The van der Waals surface area contributed by atoms with Crippen molar-refractivity contribution in [1.82, 2.24) is 19.9 Å². The molecule has 3 aromatic rings. The van der Waals surface area contributed by atoms with Crippen molar-refractivity contribution in [3.05, 3.63) is 34.9 Å². The summed E-state index contributed by atoms with van der Waals surface area (Å²) < 4.78 is 15.6. The summed E-state index contributed by atoms with van der Waals surface area (Å²) in [6.07, 6.45) is -1.61. The lowest BCUT2D eigenvalue weighted by molar-refractivity contribution is -0.143. The van der Waals surface area contributed by atoms with Gasteiger partial charge in [0.1, 0.15) is 17.7 Å². The predicted octanol–water partition coefficient (Wildman–Crippen LogP) is 1.56. The van der Waals surface area contributed by atoms with E-state index >= 15 is 0 Å². The molecule has 1 aromatic carbocycles. The number of aliphatic hydroxyl groups excluding tert-OH is 1. The van der Waals surface area contributed by atoms with Crippen molar-refractivity contribution in [2.75, 3.05) is 13.2 Å². The van der Waals surface area contributed by atoms with Crippen LogP contribution >= 0.6 is 0 Å². The first-order chi connectivity index (χ1) is 16.9. The Morgan fingerprint density at radius 1 is 1.00 bits per heavy atom. The van der Waals surface area contributed by atoms with Gasteiger partial charge < -0.3 is 19.0 Å². The summed E-state index contributed by atoms with van der Waals surface area (Å²) in [5.74, 6) is -5.01. The van der Waals surface area contributed by atoms with Gasteiger partial charge in [-0.1, -0.05) is 0 Å². The van der Waals surface area contributed by atoms with Gasteiger partial charge in [0.2, 0.25) is 11.7 Å². The molecular formula is C22H16N8O5. The van der Waals surface area contributed by atoms with Crippen LogP contribution in [0.3, 0.4) is 0 Å². The lowest BCUT2D eigenvalue weighted by Crippen LogP contribution is -2.25. The van der Waals surface area contributed by atoms with Gasteiger partial charge in [-0.25, -0.2) is 19.9 Å². The van der Waals surface area contributed by atoms with Gasteiger partial charge in [0.05, 0.1) is 29.9 Å². The molecule has 0 saturated heterocycles. The molecule has 0 radical (unpaired) electrons. The van der Waals surface area contributed by atoms with Crippen LogP contribution in [-0.2, 0) is 14.3 Å². The number of hydrogen-bond acceptors (Lipinski definition) is 13. The normalized spacial score (nSPS) is 13.0. The van der Waals surface area contributed by atoms with E-state index in [1.165, 1.54) is 12.1 Å². The van der Waals surface area contributed by atoms with E-state index in [2.05, 4.69) is 19.9 Å². The van der Waals surface area contributed by atoms with Gasteiger partial charge in [-0.15, -0.1) is 0 Å². The van der Waals surface area contributed by atoms with E-state index in [-0.39, 0.29) is 58.8 Å². The Kier molecular flexibility index (Phi) is 7.60. The maximum Gasteiger partial charge on any atom is 0.331 e. The number of carbonyl (C=O) groups excluding carboxylic acids is 1. The summed E-state index contributed by atoms with van der Waals surface area (Å²) in [5.41, 5.74) is 0.504. The van der Waals surface area contributed by atoms with E-state index in [0.29, 0.717) is 0 Å². The monoisotopic (exact) mass is 472 g/mol. The highest BCUT2D eigenvalue weighted by Crippen LogP contribution is 2.27. The molecule has 13 nitrogen and oxygen atoms in total. The van der Waals surface area contributed by atoms with Crippen LogP contribution < -0.4 is 0 Å². The molecule has 0 fully saturated rings. The topological polar surface area (TPSA) is 216 Å². The highest BCUT2D eigenvalue weighted by Gasteiger charge is 2.31. The summed E-state index contributed by atoms with van der Waals surface area (Å²) in [6.45, 7) is 3.25. The molecule has 0 spiro atoms. The number of fused-ring (bicyclic) bond motifs is 1. The highest BCUT2D eigenvalue weighted by atomic mass is 16.6. The van der Waals surface area contributed by atoms with Crippen LogP contribution in [0.15, 0.2) is 16.5 Å². The fourth-order valence-electron chi connectivity index (χ4n) is 2.99. The number of benzene rings is 1. The average molecular weight is 472 g/mol. The number of esters is 1. The average Bonchev–Trinajstić information content (AvgIpc) is 3.27. The molecule has 0 amide bonds. The first-order valence-electron chi connectivity index (χ1n) is 10.2. The molecule has 13 heteroatoms. The van der Waals surface area contributed by atoms with Gasteiger partial charge in [-0.2, -0.15) is 21.0 Å². The molecule has 0 aliphatic rings. The van der Waals surface area contributed by atoms with Crippen molar-refractivity contribution in [1.29, 1.82) is 21.0 Å². The van der Waals surface area contributed by atoms with Crippen molar-refractivity contribution in [2.45, 2.75) is 32.0 Å². The highest BCUT2D eigenvalue weighted by molar-refractivity contribution is 5.81. The fraction of sp³-hybridized carbons (Fsp3) is 0.318. The van der Waals surface area contributed by atoms with Gasteiger partial charge in [0.25, 0.3) is 5.89 Å². The number of aromatic nitrogens is 4. The van der Waals surface area contributed by atoms with Gasteiger partial charge in [-0.3, -0.25) is 4.79 Å². The number of nitriles is 4. The number of carbonyl (C=O) groups is 1. The molecule has 3 rings (SSSR count). The first-order valence-corrected chi connectivity index (χ1v) is 10.2. The van der Waals surface area contributed by atoms with Crippen molar-refractivity contribution in [2.24, 2.45) is 0 Å². The molecule has 0 saturated carbocycles. The quantitative estimate of drug-likeness (QED) is 0.364. The summed E-state index contributed by atoms with van der Waals surface area (Å²) >= 11 is 0. The molecule has 0 bridgehead atoms. The Hall–Kier alpha value is -4.95. The SMILES string of the molecule is CCOC(=O)C(C#N)c1nc(-c2nc3cc(C#N)c(C#N)cc3o2)nc(C(C#N)C(O)OCC)n1. The van der Waals surface area contributed by atoms with Gasteiger partial charge in [0.15, 0.2) is 29.4 Å². The lowest BCUT2D eigenvalue weighted by atomic mass is 10.1.